The molecule has 0 amide bonds. The number of carbonyl (C=O) groups excluding carboxylic acids is 8. The molecule has 0 N–H and O–H groups in total. The molecule has 4 saturated carbocycles. The fourth-order valence-electron chi connectivity index (χ4n) is 12.1. The van der Waals surface area contributed by atoms with Crippen molar-refractivity contribution >= 4 is 59.1 Å². The molecule has 5 aliphatic carbocycles. The molecule has 4 aromatic rings. The minimum absolute atomic E-state index is 0.119. The van der Waals surface area contributed by atoms with E-state index in [1.165, 1.54) is 36.7 Å². The van der Waals surface area contributed by atoms with Crippen LogP contribution in [0.1, 0.15) is 195 Å². The molecule has 0 aromatic heterocycles. The van der Waals surface area contributed by atoms with Crippen LogP contribution in [0.4, 0.5) is 0 Å². The van der Waals surface area contributed by atoms with E-state index in [0.717, 1.165) is 69.1 Å². The Hall–Kier alpha value is -6.61. The van der Waals surface area contributed by atoms with Crippen LogP contribution >= 0.6 is 11.8 Å². The second-order valence-corrected chi connectivity index (χ2v) is 22.8. The third-order valence-corrected chi connectivity index (χ3v) is 17.4. The molecule has 15 heteroatoms. The second kappa shape index (κ2) is 25.9. The number of rotatable bonds is 17. The maximum atomic E-state index is 14.4. The van der Waals surface area contributed by atoms with Gasteiger partial charge in [0, 0.05) is 16.0 Å². The first-order valence-corrected chi connectivity index (χ1v) is 29.4. The molecule has 0 aliphatic heterocycles. The highest BCUT2D eigenvalue weighted by atomic mass is 32.2. The highest BCUT2D eigenvalue weighted by Gasteiger charge is 2.39. The van der Waals surface area contributed by atoms with E-state index in [9.17, 15) is 38.4 Å². The van der Waals surface area contributed by atoms with Gasteiger partial charge in [0.15, 0.2) is 11.6 Å². The van der Waals surface area contributed by atoms with Crippen LogP contribution in [0.25, 0.3) is 0 Å². The summed E-state index contributed by atoms with van der Waals surface area (Å²) in [4.78, 5) is 109. The van der Waals surface area contributed by atoms with Gasteiger partial charge in [-0.15, -0.1) is 11.8 Å². The maximum absolute atomic E-state index is 14.4. The molecule has 0 unspecified atom stereocenters. The molecule has 0 heterocycles. The molecular formula is C63H70O14S. The number of ether oxygens (including phenoxy) is 6. The van der Waals surface area contributed by atoms with Crippen LogP contribution in [0.3, 0.4) is 0 Å². The number of carbonyl (C=O) groups is 8. The normalized spacial score (nSPS) is 23.9. The molecule has 0 saturated heterocycles. The molecule has 412 valence electrons. The van der Waals surface area contributed by atoms with Crippen LogP contribution < -0.4 is 18.9 Å². The summed E-state index contributed by atoms with van der Waals surface area (Å²) in [6.07, 6.45) is 15.9. The molecule has 0 bridgehead atoms. The van der Waals surface area contributed by atoms with E-state index in [0.29, 0.717) is 85.8 Å². The Morgan fingerprint density at radius 3 is 1.17 bits per heavy atom. The van der Waals surface area contributed by atoms with Crippen molar-refractivity contribution in [3.8, 4) is 23.0 Å². The number of ketones is 2. The van der Waals surface area contributed by atoms with E-state index in [4.69, 9.17) is 28.4 Å². The summed E-state index contributed by atoms with van der Waals surface area (Å²) < 4.78 is 34.9. The molecule has 5 aliphatic rings. The lowest BCUT2D eigenvalue weighted by Crippen LogP contribution is -2.32. The van der Waals surface area contributed by atoms with Gasteiger partial charge in [0.2, 0.25) is 0 Å². The van der Waals surface area contributed by atoms with Crippen molar-refractivity contribution < 1.29 is 66.8 Å². The summed E-state index contributed by atoms with van der Waals surface area (Å²) in [5.74, 6) is -3.47. The standard InChI is InChI=1S/C63H70O14S/c1-4-6-37-8-12-39(13-9-37)58(66)72-45-24-16-41(17-25-45)60(68)74-47-28-20-43(21-29-47)62(70)76-52-34-35-53(55-54(52)56(64)50-33-32-49(78-3)36-51(50)57(55)65)77-63(71)44-22-30-48(31-23-44)75-61(69)42-18-26-46(27-19-42)73-59(67)40-14-10-38(7-5-2)11-15-40/h16-19,24-27,32-40,43-44,47-48H,4-15,20-23,28-31H2,1-3H3/t37-,38-,39-,40-,43?,44?,47?,48?. The first-order chi connectivity index (χ1) is 37.8. The third-order valence-electron chi connectivity index (χ3n) is 16.7. The van der Waals surface area contributed by atoms with Gasteiger partial charge in [-0.3, -0.25) is 28.8 Å². The number of hydrogen-bond donors (Lipinski definition) is 0. The Labute approximate surface area is 460 Å². The van der Waals surface area contributed by atoms with E-state index < -0.39 is 59.5 Å². The molecular weight excluding hydrogens is 1010 g/mol. The predicted octanol–water partition coefficient (Wildman–Crippen LogP) is 12.9. The van der Waals surface area contributed by atoms with E-state index in [2.05, 4.69) is 13.8 Å². The summed E-state index contributed by atoms with van der Waals surface area (Å²) in [6, 6.07) is 20.3. The molecule has 0 spiro atoms. The number of benzene rings is 4. The molecule has 4 fully saturated rings. The lowest BCUT2D eigenvalue weighted by atomic mass is 9.80. The van der Waals surface area contributed by atoms with Crippen molar-refractivity contribution in [2.45, 2.75) is 159 Å². The number of fused-ring (bicyclic) bond motifs is 2. The van der Waals surface area contributed by atoms with Crippen molar-refractivity contribution in [3.05, 3.63) is 112 Å². The fraction of sp³-hybridized carbons (Fsp3) is 0.492. The van der Waals surface area contributed by atoms with E-state index in [1.54, 1.807) is 66.7 Å². The highest BCUT2D eigenvalue weighted by Crippen LogP contribution is 2.42. The second-order valence-electron chi connectivity index (χ2n) is 21.9. The number of thioether (sulfide) groups is 1. The largest absolute Gasteiger partial charge is 0.459 e. The van der Waals surface area contributed by atoms with Gasteiger partial charge in [-0.1, -0.05) is 39.5 Å². The van der Waals surface area contributed by atoms with Crippen molar-refractivity contribution in [2.24, 2.45) is 35.5 Å². The van der Waals surface area contributed by atoms with E-state index in [-0.39, 0.29) is 57.5 Å². The molecule has 78 heavy (non-hydrogen) atoms. The molecule has 9 rings (SSSR count). The van der Waals surface area contributed by atoms with Crippen LogP contribution in [0.5, 0.6) is 23.0 Å². The van der Waals surface area contributed by atoms with Crippen LogP contribution in [0.15, 0.2) is 83.8 Å². The third kappa shape index (κ3) is 13.4. The van der Waals surface area contributed by atoms with E-state index >= 15 is 0 Å². The SMILES string of the molecule is CCC[C@H]1CC[C@H](C(=O)Oc2ccc(C(=O)OC3CCC(C(=O)Oc4ccc(OC(=O)C5CCC(OC(=O)c6ccc(OC(=O)[C@H]7CC[C@H](CCC)CC7)cc6)CC5)c5c4C(=O)c4ccc(SC)cc4C5=O)CC3)cc2)CC1. The average Bonchev–Trinajstić information content (AvgIpc) is 3.66. The number of esters is 6. The average molecular weight is 1080 g/mol. The van der Waals surface area contributed by atoms with Gasteiger partial charge in [-0.2, -0.15) is 0 Å². The topological polar surface area (TPSA) is 192 Å². The Morgan fingerprint density at radius 2 is 0.795 bits per heavy atom. The quantitative estimate of drug-likeness (QED) is 0.0485. The van der Waals surface area contributed by atoms with Gasteiger partial charge in [0.25, 0.3) is 0 Å². The Kier molecular flexibility index (Phi) is 18.6. The van der Waals surface area contributed by atoms with Gasteiger partial charge < -0.3 is 28.4 Å². The monoisotopic (exact) mass is 1080 g/mol. The van der Waals surface area contributed by atoms with Crippen molar-refractivity contribution in [3.63, 3.8) is 0 Å². The van der Waals surface area contributed by atoms with Gasteiger partial charge >= 0.3 is 35.8 Å². The first kappa shape index (κ1) is 56.1. The molecule has 14 nitrogen and oxygen atoms in total. The smallest absolute Gasteiger partial charge is 0.338 e. The lowest BCUT2D eigenvalue weighted by molar-refractivity contribution is -0.141. The minimum atomic E-state index is -0.611. The summed E-state index contributed by atoms with van der Waals surface area (Å²) in [6.45, 7) is 4.37. The fourth-order valence-corrected chi connectivity index (χ4v) is 12.5. The zero-order chi connectivity index (χ0) is 54.9. The van der Waals surface area contributed by atoms with Crippen LogP contribution in [-0.4, -0.2) is 65.8 Å². The predicted molar refractivity (Wildman–Crippen MR) is 290 cm³/mol. The molecule has 4 aromatic carbocycles. The van der Waals surface area contributed by atoms with Crippen molar-refractivity contribution in [1.29, 1.82) is 0 Å². The minimum Gasteiger partial charge on any atom is -0.459 e. The Bertz CT molecular complexity index is 2860. The summed E-state index contributed by atoms with van der Waals surface area (Å²) >= 11 is 1.40. The molecule has 0 atom stereocenters. The summed E-state index contributed by atoms with van der Waals surface area (Å²) in [7, 11) is 0. The highest BCUT2D eigenvalue weighted by molar-refractivity contribution is 7.98. The zero-order valence-corrected chi connectivity index (χ0v) is 45.7. The van der Waals surface area contributed by atoms with Crippen LogP contribution in [0.2, 0.25) is 0 Å². The first-order valence-electron chi connectivity index (χ1n) is 28.2. The van der Waals surface area contributed by atoms with Gasteiger partial charge in [-0.05, 0) is 200 Å². The van der Waals surface area contributed by atoms with E-state index in [1.807, 2.05) is 6.26 Å². The number of hydrogen-bond acceptors (Lipinski definition) is 15. The zero-order valence-electron chi connectivity index (χ0n) is 44.9. The van der Waals surface area contributed by atoms with Crippen LogP contribution in [0, 0.1) is 35.5 Å². The Morgan fingerprint density at radius 1 is 0.436 bits per heavy atom. The van der Waals surface area contributed by atoms with Gasteiger partial charge in [0.05, 0.1) is 45.9 Å². The van der Waals surface area contributed by atoms with Gasteiger partial charge in [-0.25, -0.2) is 9.59 Å². The van der Waals surface area contributed by atoms with Crippen molar-refractivity contribution in [1.82, 2.24) is 0 Å². The maximum Gasteiger partial charge on any atom is 0.338 e. The van der Waals surface area contributed by atoms with Crippen molar-refractivity contribution in [2.75, 3.05) is 6.26 Å². The van der Waals surface area contributed by atoms with Crippen LogP contribution in [-0.2, 0) is 28.7 Å². The summed E-state index contributed by atoms with van der Waals surface area (Å²) in [5, 5.41) is 0. The van der Waals surface area contributed by atoms with Gasteiger partial charge in [0.1, 0.15) is 35.2 Å². The summed E-state index contributed by atoms with van der Waals surface area (Å²) in [5.41, 5.74) is 0.539. The Balaban J connectivity index is 0.774. The molecule has 0 radical (unpaired) electrons. The lowest BCUT2D eigenvalue weighted by Gasteiger charge is -2.28.